The first kappa shape index (κ1) is 12.2. The van der Waals surface area contributed by atoms with Gasteiger partial charge in [0.1, 0.15) is 6.10 Å². The molecule has 1 unspecified atom stereocenters. The van der Waals surface area contributed by atoms with Crippen molar-refractivity contribution in [3.8, 4) is 0 Å². The normalized spacial score (nSPS) is 12.5. The van der Waals surface area contributed by atoms with Gasteiger partial charge < -0.3 is 4.74 Å². The van der Waals surface area contributed by atoms with Crippen molar-refractivity contribution in [1.29, 1.82) is 0 Å². The van der Waals surface area contributed by atoms with Crippen LogP contribution in [0.5, 0.6) is 0 Å². The monoisotopic (exact) mass is 226 g/mol. The molecule has 0 radical (unpaired) electrons. The van der Waals surface area contributed by atoms with E-state index >= 15 is 0 Å². The van der Waals surface area contributed by atoms with E-state index in [1.165, 1.54) is 0 Å². The Bertz CT molecular complexity index is 319. The molecule has 0 saturated heterocycles. The van der Waals surface area contributed by atoms with Gasteiger partial charge in [0, 0.05) is 17.7 Å². The summed E-state index contributed by atoms with van der Waals surface area (Å²) in [6.45, 7) is 2.03. The van der Waals surface area contributed by atoms with Gasteiger partial charge in [0.15, 0.2) is 5.78 Å². The molecule has 0 amide bonds. The number of Topliss-reactive ketones (excluding diaryl/α,β-unsaturated/α-hetero) is 1. The molecule has 15 heavy (non-hydrogen) atoms. The van der Waals surface area contributed by atoms with Crippen LogP contribution in [-0.4, -0.2) is 19.0 Å². The second-order valence-corrected chi connectivity index (χ2v) is 3.82. The van der Waals surface area contributed by atoms with Crippen molar-refractivity contribution in [3.63, 3.8) is 0 Å². The quantitative estimate of drug-likeness (QED) is 0.720. The predicted molar refractivity (Wildman–Crippen MR) is 61.5 cm³/mol. The molecule has 82 valence electrons. The number of hydrogen-bond acceptors (Lipinski definition) is 2. The Labute approximate surface area is 95.2 Å². The minimum absolute atomic E-state index is 0.0241. The molecule has 1 aromatic carbocycles. The van der Waals surface area contributed by atoms with Gasteiger partial charge in [-0.25, -0.2) is 0 Å². The minimum Gasteiger partial charge on any atom is -0.373 e. The van der Waals surface area contributed by atoms with Crippen molar-refractivity contribution in [3.05, 3.63) is 34.9 Å². The topological polar surface area (TPSA) is 26.3 Å². The molecule has 0 fully saturated rings. The highest BCUT2D eigenvalue weighted by molar-refractivity contribution is 6.30. The smallest absolute Gasteiger partial charge is 0.191 e. The van der Waals surface area contributed by atoms with Crippen LogP contribution in [0.15, 0.2) is 24.3 Å². The average Bonchev–Trinajstić information content (AvgIpc) is 2.26. The van der Waals surface area contributed by atoms with Crippen LogP contribution in [0.4, 0.5) is 0 Å². The van der Waals surface area contributed by atoms with E-state index in [1.54, 1.807) is 31.4 Å². The van der Waals surface area contributed by atoms with Crippen LogP contribution in [0.25, 0.3) is 0 Å². The summed E-state index contributed by atoms with van der Waals surface area (Å²) in [4.78, 5) is 11.9. The summed E-state index contributed by atoms with van der Waals surface area (Å²) in [6, 6.07) is 6.89. The summed E-state index contributed by atoms with van der Waals surface area (Å²) < 4.78 is 5.15. The third kappa shape index (κ3) is 3.33. The molecule has 1 aromatic rings. The lowest BCUT2D eigenvalue weighted by Gasteiger charge is -2.12. The fourth-order valence-electron chi connectivity index (χ4n) is 1.42. The van der Waals surface area contributed by atoms with Gasteiger partial charge in [0.25, 0.3) is 0 Å². The Balaban J connectivity index is 2.78. The number of methoxy groups -OCH3 is 1. The van der Waals surface area contributed by atoms with Crippen molar-refractivity contribution < 1.29 is 9.53 Å². The van der Waals surface area contributed by atoms with Gasteiger partial charge in [0.05, 0.1) is 0 Å². The molecule has 0 aromatic heterocycles. The molecule has 0 bridgehead atoms. The molecule has 0 N–H and O–H groups in total. The zero-order valence-corrected chi connectivity index (χ0v) is 9.75. The van der Waals surface area contributed by atoms with Gasteiger partial charge in [0.2, 0.25) is 0 Å². The molecule has 2 nitrogen and oxygen atoms in total. The summed E-state index contributed by atoms with van der Waals surface area (Å²) in [6.07, 6.45) is 1.34. The SMILES string of the molecule is CCCC(OC)C(=O)c1ccc(Cl)cc1. The van der Waals surface area contributed by atoms with E-state index in [0.29, 0.717) is 10.6 Å². The van der Waals surface area contributed by atoms with Crippen LogP contribution in [0, 0.1) is 0 Å². The molecule has 0 spiro atoms. The number of carbonyl (C=O) groups excluding carboxylic acids is 1. The zero-order chi connectivity index (χ0) is 11.3. The first-order valence-electron chi connectivity index (χ1n) is 5.01. The fraction of sp³-hybridized carbons (Fsp3) is 0.417. The second kappa shape index (κ2) is 5.89. The van der Waals surface area contributed by atoms with Crippen LogP contribution >= 0.6 is 11.6 Å². The lowest BCUT2D eigenvalue weighted by molar-refractivity contribution is 0.0579. The summed E-state index contributed by atoms with van der Waals surface area (Å²) in [7, 11) is 1.56. The maximum Gasteiger partial charge on any atom is 0.191 e. The van der Waals surface area contributed by atoms with Gasteiger partial charge >= 0.3 is 0 Å². The largest absolute Gasteiger partial charge is 0.373 e. The second-order valence-electron chi connectivity index (χ2n) is 3.38. The number of halogens is 1. The van der Waals surface area contributed by atoms with Crippen LogP contribution in [-0.2, 0) is 4.74 Å². The lowest BCUT2D eigenvalue weighted by atomic mass is 10.0. The van der Waals surface area contributed by atoms with E-state index in [2.05, 4.69) is 0 Å². The summed E-state index contributed by atoms with van der Waals surface area (Å²) in [5, 5.41) is 0.635. The van der Waals surface area contributed by atoms with E-state index in [4.69, 9.17) is 16.3 Å². The van der Waals surface area contributed by atoms with Crippen LogP contribution in [0.3, 0.4) is 0 Å². The first-order chi connectivity index (χ1) is 7.19. The van der Waals surface area contributed by atoms with Crippen LogP contribution < -0.4 is 0 Å². The number of benzene rings is 1. The summed E-state index contributed by atoms with van der Waals surface area (Å²) in [5.41, 5.74) is 0.653. The number of hydrogen-bond donors (Lipinski definition) is 0. The van der Waals surface area contributed by atoms with E-state index in [9.17, 15) is 4.79 Å². The number of ether oxygens (including phenoxy) is 1. The van der Waals surface area contributed by atoms with Gasteiger partial charge in [-0.3, -0.25) is 4.79 Å². The maximum atomic E-state index is 11.9. The molecule has 1 rings (SSSR count). The molecule has 0 heterocycles. The van der Waals surface area contributed by atoms with Crippen LogP contribution in [0.2, 0.25) is 5.02 Å². The highest BCUT2D eigenvalue weighted by Crippen LogP contribution is 2.14. The third-order valence-corrected chi connectivity index (χ3v) is 2.51. The van der Waals surface area contributed by atoms with Crippen molar-refractivity contribution in [2.45, 2.75) is 25.9 Å². The number of ketones is 1. The van der Waals surface area contributed by atoms with Gasteiger partial charge in [-0.05, 0) is 30.7 Å². The molecule has 0 aliphatic carbocycles. The maximum absolute atomic E-state index is 11.9. The van der Waals surface area contributed by atoms with E-state index in [1.807, 2.05) is 6.92 Å². The zero-order valence-electron chi connectivity index (χ0n) is 9.00. The van der Waals surface area contributed by atoms with Gasteiger partial charge in [-0.2, -0.15) is 0 Å². The Morgan fingerprint density at radius 2 is 2.00 bits per heavy atom. The first-order valence-corrected chi connectivity index (χ1v) is 5.39. The fourth-order valence-corrected chi connectivity index (χ4v) is 1.54. The summed E-state index contributed by atoms with van der Waals surface area (Å²) >= 11 is 5.75. The molecular formula is C12H15ClO2. The Kier molecular flexibility index (Phi) is 4.79. The van der Waals surface area contributed by atoms with Crippen molar-refractivity contribution in [2.24, 2.45) is 0 Å². The van der Waals surface area contributed by atoms with Crippen molar-refractivity contribution >= 4 is 17.4 Å². The van der Waals surface area contributed by atoms with Gasteiger partial charge in [-0.15, -0.1) is 0 Å². The predicted octanol–water partition coefficient (Wildman–Crippen LogP) is 3.34. The Hall–Kier alpha value is -0.860. The van der Waals surface area contributed by atoms with E-state index in [0.717, 1.165) is 12.8 Å². The molecule has 0 aliphatic rings. The third-order valence-electron chi connectivity index (χ3n) is 2.26. The van der Waals surface area contributed by atoms with Crippen molar-refractivity contribution in [1.82, 2.24) is 0 Å². The standard InChI is InChI=1S/C12H15ClO2/c1-3-4-11(15-2)12(14)9-5-7-10(13)8-6-9/h5-8,11H,3-4H2,1-2H3. The number of rotatable bonds is 5. The highest BCUT2D eigenvalue weighted by atomic mass is 35.5. The minimum atomic E-state index is -0.337. The Morgan fingerprint density at radius 3 is 2.47 bits per heavy atom. The Morgan fingerprint density at radius 1 is 1.40 bits per heavy atom. The number of carbonyl (C=O) groups is 1. The van der Waals surface area contributed by atoms with Crippen LogP contribution in [0.1, 0.15) is 30.1 Å². The van der Waals surface area contributed by atoms with Gasteiger partial charge in [-0.1, -0.05) is 24.9 Å². The molecule has 3 heteroatoms. The molecule has 0 aliphatic heterocycles. The van der Waals surface area contributed by atoms with E-state index in [-0.39, 0.29) is 11.9 Å². The van der Waals surface area contributed by atoms with Crippen molar-refractivity contribution in [2.75, 3.05) is 7.11 Å². The summed E-state index contributed by atoms with van der Waals surface area (Å²) in [5.74, 6) is 0.0241. The van der Waals surface area contributed by atoms with E-state index < -0.39 is 0 Å². The average molecular weight is 227 g/mol. The lowest BCUT2D eigenvalue weighted by Crippen LogP contribution is -2.22. The highest BCUT2D eigenvalue weighted by Gasteiger charge is 2.18. The molecule has 1 atom stereocenters. The molecular weight excluding hydrogens is 212 g/mol. The molecule has 0 saturated carbocycles.